The Morgan fingerprint density at radius 1 is 0.891 bits per heavy atom. The number of aromatic nitrogens is 5. The van der Waals surface area contributed by atoms with Crippen LogP contribution in [0.4, 0.5) is 4.39 Å². The molecule has 238 valence electrons. The summed E-state index contributed by atoms with van der Waals surface area (Å²) < 4.78 is 29.6. The topological polar surface area (TPSA) is 108 Å². The van der Waals surface area contributed by atoms with Crippen LogP contribution in [0.3, 0.4) is 0 Å². The molecule has 0 saturated carbocycles. The van der Waals surface area contributed by atoms with Crippen LogP contribution in [0.25, 0.3) is 22.4 Å². The highest BCUT2D eigenvalue weighted by Gasteiger charge is 2.23. The average molecular weight is 626 g/mol. The van der Waals surface area contributed by atoms with Crippen molar-refractivity contribution in [1.29, 1.82) is 0 Å². The Kier molecular flexibility index (Phi) is 9.23. The molecule has 3 aromatic heterocycles. The van der Waals surface area contributed by atoms with E-state index in [-0.39, 0.29) is 36.3 Å². The van der Waals surface area contributed by atoms with Crippen molar-refractivity contribution in [3.05, 3.63) is 90.3 Å². The number of carbonyl (C=O) groups excluding carboxylic acids is 2. The minimum absolute atomic E-state index is 0.0872. The number of fused-ring (bicyclic) bond motifs is 5. The number of pyridine rings is 1. The van der Waals surface area contributed by atoms with Gasteiger partial charge in [-0.05, 0) is 49.6 Å². The van der Waals surface area contributed by atoms with Crippen LogP contribution in [0.2, 0.25) is 0 Å². The molecule has 2 aromatic carbocycles. The summed E-state index contributed by atoms with van der Waals surface area (Å²) in [7, 11) is 3.17. The van der Waals surface area contributed by atoms with Crippen LogP contribution in [0.5, 0.6) is 11.5 Å². The number of aryl methyl sites for hydroxylation is 2. The van der Waals surface area contributed by atoms with E-state index in [1.165, 1.54) is 19.2 Å². The van der Waals surface area contributed by atoms with Crippen LogP contribution in [-0.2, 0) is 13.6 Å². The Morgan fingerprint density at radius 3 is 2.50 bits per heavy atom. The number of benzene rings is 2. The number of halogens is 1. The van der Waals surface area contributed by atoms with Gasteiger partial charge in [0.2, 0.25) is 0 Å². The molecular weight excluding hydrogens is 589 g/mol. The predicted molar refractivity (Wildman–Crippen MR) is 170 cm³/mol. The van der Waals surface area contributed by atoms with Crippen molar-refractivity contribution in [2.75, 3.05) is 39.9 Å². The van der Waals surface area contributed by atoms with Gasteiger partial charge in [-0.2, -0.15) is 5.10 Å². The van der Waals surface area contributed by atoms with Gasteiger partial charge in [0, 0.05) is 57.4 Å². The number of ether oxygens (including phenoxy) is 2. The van der Waals surface area contributed by atoms with Crippen LogP contribution in [0.15, 0.2) is 73.3 Å². The third-order valence-electron chi connectivity index (χ3n) is 8.19. The van der Waals surface area contributed by atoms with E-state index >= 15 is 0 Å². The van der Waals surface area contributed by atoms with Crippen molar-refractivity contribution in [3.8, 4) is 22.9 Å². The molecule has 0 aliphatic carbocycles. The molecule has 46 heavy (non-hydrogen) atoms. The molecule has 6 rings (SSSR count). The van der Waals surface area contributed by atoms with E-state index in [1.807, 2.05) is 48.5 Å². The SMILES string of the molecule is COc1c(F)cccc1C(=O)N1CCCCN(C(=O)c2cnc3cnn(C)c3c2)CCCn2ccnc2-c2cccc(c2)OCC1. The fourth-order valence-corrected chi connectivity index (χ4v) is 5.80. The molecule has 4 heterocycles. The van der Waals surface area contributed by atoms with E-state index in [9.17, 15) is 14.0 Å². The van der Waals surface area contributed by atoms with Gasteiger partial charge in [0.25, 0.3) is 11.8 Å². The maximum atomic E-state index is 14.5. The second-order valence-electron chi connectivity index (χ2n) is 11.2. The lowest BCUT2D eigenvalue weighted by molar-refractivity contribution is 0.0701. The standard InChI is InChI=1S/C34H36FN7O4/c1-39-30-21-25(22-37-29(30)23-38-39)33(43)41-13-3-4-14-42(34(44)27-10-6-11-28(35)31(27)45-2)18-19-46-26-9-5-8-24(20-26)32-36-12-17-40(32)15-7-16-41/h5-6,8-12,17,20-23H,3-4,7,13-16,18-19H2,1-2H3. The van der Waals surface area contributed by atoms with E-state index in [4.69, 9.17) is 9.47 Å². The van der Waals surface area contributed by atoms with Crippen molar-refractivity contribution >= 4 is 22.8 Å². The largest absolute Gasteiger partial charge is 0.493 e. The highest BCUT2D eigenvalue weighted by molar-refractivity contribution is 5.97. The van der Waals surface area contributed by atoms with Crippen molar-refractivity contribution in [1.82, 2.24) is 34.1 Å². The molecule has 0 fully saturated rings. The van der Waals surface area contributed by atoms with Crippen LogP contribution in [0.1, 0.15) is 40.0 Å². The molecule has 0 N–H and O–H groups in total. The molecule has 12 heteroatoms. The molecule has 0 atom stereocenters. The maximum Gasteiger partial charge on any atom is 0.257 e. The number of methoxy groups -OCH3 is 1. The van der Waals surface area contributed by atoms with Crippen molar-refractivity contribution in [2.24, 2.45) is 7.05 Å². The summed E-state index contributed by atoms with van der Waals surface area (Å²) in [5.41, 5.74) is 3.05. The Morgan fingerprint density at radius 2 is 1.67 bits per heavy atom. The third kappa shape index (κ3) is 6.56. The quantitative estimate of drug-likeness (QED) is 0.283. The highest BCUT2D eigenvalue weighted by Crippen LogP contribution is 2.26. The van der Waals surface area contributed by atoms with Gasteiger partial charge in [-0.25, -0.2) is 9.37 Å². The molecule has 11 nitrogen and oxygen atoms in total. The zero-order valence-corrected chi connectivity index (χ0v) is 25.9. The lowest BCUT2D eigenvalue weighted by Gasteiger charge is -2.26. The molecule has 2 amide bonds. The zero-order chi connectivity index (χ0) is 32.0. The first-order chi connectivity index (χ1) is 22.4. The molecule has 1 aliphatic rings. The molecule has 0 spiro atoms. The van der Waals surface area contributed by atoms with Crippen LogP contribution < -0.4 is 9.47 Å². The minimum atomic E-state index is -0.599. The van der Waals surface area contributed by atoms with Gasteiger partial charge in [-0.3, -0.25) is 19.3 Å². The van der Waals surface area contributed by atoms with E-state index in [1.54, 1.807) is 34.2 Å². The van der Waals surface area contributed by atoms with Gasteiger partial charge in [0.15, 0.2) is 11.6 Å². The summed E-state index contributed by atoms with van der Waals surface area (Å²) in [6.07, 6.45) is 8.95. The van der Waals surface area contributed by atoms with Crippen molar-refractivity contribution in [3.63, 3.8) is 0 Å². The lowest BCUT2D eigenvalue weighted by Crippen LogP contribution is -2.37. The van der Waals surface area contributed by atoms with Gasteiger partial charge in [-0.1, -0.05) is 18.2 Å². The Hall–Kier alpha value is -5.26. The smallest absolute Gasteiger partial charge is 0.257 e. The number of amides is 2. The monoisotopic (exact) mass is 625 g/mol. The second kappa shape index (κ2) is 13.8. The molecule has 1 aliphatic heterocycles. The average Bonchev–Trinajstić information content (AvgIpc) is 3.70. The summed E-state index contributed by atoms with van der Waals surface area (Å²) in [6.45, 7) is 2.57. The first kappa shape index (κ1) is 30.8. The number of imidazole rings is 1. The summed E-state index contributed by atoms with van der Waals surface area (Å²) in [5, 5.41) is 4.25. The number of nitrogens with zero attached hydrogens (tertiary/aromatic N) is 7. The molecule has 5 aromatic rings. The fraction of sp³-hybridized carbons (Fsp3) is 0.324. The second-order valence-corrected chi connectivity index (χ2v) is 11.2. The molecule has 0 unspecified atom stereocenters. The predicted octanol–water partition coefficient (Wildman–Crippen LogP) is 4.83. The normalized spacial score (nSPS) is 14.8. The Bertz CT molecular complexity index is 1850. The summed E-state index contributed by atoms with van der Waals surface area (Å²) >= 11 is 0. The van der Waals surface area contributed by atoms with E-state index in [0.29, 0.717) is 56.8 Å². The maximum absolute atomic E-state index is 14.5. The van der Waals surface area contributed by atoms with Gasteiger partial charge >= 0.3 is 0 Å². The van der Waals surface area contributed by atoms with E-state index < -0.39 is 5.82 Å². The van der Waals surface area contributed by atoms with Crippen molar-refractivity contribution < 1.29 is 23.5 Å². The first-order valence-electron chi connectivity index (χ1n) is 15.4. The number of hydrogen-bond donors (Lipinski definition) is 0. The molecule has 0 radical (unpaired) electrons. The summed E-state index contributed by atoms with van der Waals surface area (Å²) in [5.74, 6) is 0.306. The van der Waals surface area contributed by atoms with Gasteiger partial charge in [-0.15, -0.1) is 0 Å². The number of hydrogen-bond acceptors (Lipinski definition) is 7. The zero-order valence-electron chi connectivity index (χ0n) is 25.9. The minimum Gasteiger partial charge on any atom is -0.493 e. The van der Waals surface area contributed by atoms with Crippen LogP contribution in [0, 0.1) is 5.82 Å². The van der Waals surface area contributed by atoms with Crippen LogP contribution >= 0.6 is 0 Å². The van der Waals surface area contributed by atoms with Gasteiger partial charge < -0.3 is 23.8 Å². The highest BCUT2D eigenvalue weighted by atomic mass is 19.1. The fourth-order valence-electron chi connectivity index (χ4n) is 5.80. The molecule has 2 bridgehead atoms. The molecular formula is C34H36FN7O4. The molecule has 0 saturated heterocycles. The van der Waals surface area contributed by atoms with Crippen molar-refractivity contribution in [2.45, 2.75) is 25.8 Å². The van der Waals surface area contributed by atoms with E-state index in [0.717, 1.165) is 22.4 Å². The van der Waals surface area contributed by atoms with E-state index in [2.05, 4.69) is 19.6 Å². The Labute approximate surface area is 266 Å². The number of carbonyl (C=O) groups is 2. The summed E-state index contributed by atoms with van der Waals surface area (Å²) in [4.78, 5) is 40.1. The third-order valence-corrected chi connectivity index (χ3v) is 8.19. The summed E-state index contributed by atoms with van der Waals surface area (Å²) in [6, 6.07) is 13.8. The number of para-hydroxylation sites is 1. The number of rotatable bonds is 3. The van der Waals surface area contributed by atoms with Gasteiger partial charge in [0.1, 0.15) is 23.7 Å². The van der Waals surface area contributed by atoms with Gasteiger partial charge in [0.05, 0.1) is 36.5 Å². The lowest BCUT2D eigenvalue weighted by atomic mass is 10.1. The Balaban J connectivity index is 1.27. The first-order valence-corrected chi connectivity index (χ1v) is 15.4. The van der Waals surface area contributed by atoms with Crippen LogP contribution in [-0.4, -0.2) is 85.8 Å².